The topological polar surface area (TPSA) is 68.7 Å². The first kappa shape index (κ1) is 18.9. The maximum atomic E-state index is 10.6. The van der Waals surface area contributed by atoms with Crippen molar-refractivity contribution in [2.24, 2.45) is 0 Å². The van der Waals surface area contributed by atoms with Gasteiger partial charge in [-0.3, -0.25) is 0 Å². The zero-order valence-electron chi connectivity index (χ0n) is 15.5. The predicted octanol–water partition coefficient (Wildman–Crippen LogP) is 4.19. The minimum atomic E-state index is -0.967. The number of pyridine rings is 1. The van der Waals surface area contributed by atoms with Gasteiger partial charge in [0.2, 0.25) is 0 Å². The van der Waals surface area contributed by atoms with Crippen LogP contribution in [0.5, 0.6) is 5.75 Å². The largest absolute Gasteiger partial charge is 0.487 e. The third-order valence-electron chi connectivity index (χ3n) is 4.35. The van der Waals surface area contributed by atoms with Crippen molar-refractivity contribution in [2.75, 3.05) is 13.2 Å². The van der Waals surface area contributed by atoms with Crippen molar-refractivity contribution in [3.05, 3.63) is 71.9 Å². The molecule has 1 aromatic heterocycles. The van der Waals surface area contributed by atoms with Gasteiger partial charge in [-0.1, -0.05) is 50.2 Å². The third kappa shape index (κ3) is 5.05. The van der Waals surface area contributed by atoms with Crippen LogP contribution >= 0.6 is 0 Å². The van der Waals surface area contributed by atoms with E-state index in [9.17, 15) is 4.79 Å². The molecule has 0 saturated heterocycles. The summed E-state index contributed by atoms with van der Waals surface area (Å²) in [7, 11) is 0. The van der Waals surface area contributed by atoms with E-state index in [4.69, 9.17) is 14.6 Å². The van der Waals surface area contributed by atoms with Gasteiger partial charge in [-0.2, -0.15) is 0 Å². The molecule has 0 aliphatic heterocycles. The standard InChI is InChI=1S/C22H23NO4/c1-22(2,15-26-14-21(24)25)17-7-5-8-19(12-17)27-13-18-11-10-16-6-3-4-9-20(16)23-18/h3-12H,13-15H2,1-2H3,(H,24,25). The van der Waals surface area contributed by atoms with Crippen LogP contribution in [0.3, 0.4) is 0 Å². The molecule has 0 saturated carbocycles. The molecule has 0 amide bonds. The number of aromatic nitrogens is 1. The maximum absolute atomic E-state index is 10.6. The molecule has 27 heavy (non-hydrogen) atoms. The Morgan fingerprint density at radius 1 is 1.07 bits per heavy atom. The van der Waals surface area contributed by atoms with Crippen molar-refractivity contribution in [3.63, 3.8) is 0 Å². The zero-order valence-corrected chi connectivity index (χ0v) is 15.5. The second-order valence-corrected chi connectivity index (χ2v) is 7.08. The highest BCUT2D eigenvalue weighted by molar-refractivity contribution is 5.78. The lowest BCUT2D eigenvalue weighted by Gasteiger charge is -2.25. The summed E-state index contributed by atoms with van der Waals surface area (Å²) < 4.78 is 11.2. The number of rotatable bonds is 8. The van der Waals surface area contributed by atoms with Crippen molar-refractivity contribution in [1.82, 2.24) is 4.98 Å². The molecule has 1 heterocycles. The summed E-state index contributed by atoms with van der Waals surface area (Å²) in [5.74, 6) is -0.223. The molecule has 0 fully saturated rings. The van der Waals surface area contributed by atoms with Gasteiger partial charge >= 0.3 is 5.97 Å². The minimum absolute atomic E-state index is 0.298. The quantitative estimate of drug-likeness (QED) is 0.648. The van der Waals surface area contributed by atoms with Crippen LogP contribution in [0.4, 0.5) is 0 Å². The van der Waals surface area contributed by atoms with Crippen molar-refractivity contribution in [2.45, 2.75) is 25.9 Å². The molecule has 0 bridgehead atoms. The first-order chi connectivity index (χ1) is 12.9. The summed E-state index contributed by atoms with van der Waals surface area (Å²) in [6.07, 6.45) is 0. The Kier molecular flexibility index (Phi) is 5.72. The van der Waals surface area contributed by atoms with E-state index in [1.807, 2.05) is 74.5 Å². The number of benzene rings is 2. The summed E-state index contributed by atoms with van der Waals surface area (Å²) >= 11 is 0. The number of para-hydroxylation sites is 1. The van der Waals surface area contributed by atoms with Crippen molar-refractivity contribution in [3.8, 4) is 5.75 Å². The van der Waals surface area contributed by atoms with Crippen LogP contribution in [0.1, 0.15) is 25.1 Å². The molecule has 2 aromatic carbocycles. The fraction of sp³-hybridized carbons (Fsp3) is 0.273. The van der Waals surface area contributed by atoms with Gasteiger partial charge in [-0.05, 0) is 29.8 Å². The number of nitrogens with zero attached hydrogens (tertiary/aromatic N) is 1. The van der Waals surface area contributed by atoms with E-state index in [1.54, 1.807) is 0 Å². The number of carboxylic acids is 1. The SMILES string of the molecule is CC(C)(COCC(=O)O)c1cccc(OCc2ccc3ccccc3n2)c1. The monoisotopic (exact) mass is 365 g/mol. The van der Waals surface area contributed by atoms with E-state index in [0.29, 0.717) is 13.2 Å². The summed E-state index contributed by atoms with van der Waals surface area (Å²) in [5, 5.41) is 9.82. The van der Waals surface area contributed by atoms with Crippen LogP contribution in [0.25, 0.3) is 10.9 Å². The average Bonchev–Trinajstić information content (AvgIpc) is 2.66. The van der Waals surface area contributed by atoms with Gasteiger partial charge < -0.3 is 14.6 Å². The number of hydrogen-bond donors (Lipinski definition) is 1. The molecular formula is C22H23NO4. The first-order valence-corrected chi connectivity index (χ1v) is 8.82. The normalized spacial score (nSPS) is 11.5. The van der Waals surface area contributed by atoms with Gasteiger partial charge in [0, 0.05) is 10.8 Å². The third-order valence-corrected chi connectivity index (χ3v) is 4.35. The lowest BCUT2D eigenvalue weighted by Crippen LogP contribution is -2.26. The Labute approximate surface area is 158 Å². The van der Waals surface area contributed by atoms with Gasteiger partial charge in [-0.25, -0.2) is 9.78 Å². The molecule has 3 aromatic rings. The smallest absolute Gasteiger partial charge is 0.329 e. The highest BCUT2D eigenvalue weighted by atomic mass is 16.5. The Morgan fingerprint density at radius 3 is 2.70 bits per heavy atom. The van der Waals surface area contributed by atoms with Crippen LogP contribution in [-0.2, 0) is 21.6 Å². The van der Waals surface area contributed by atoms with Gasteiger partial charge in [0.25, 0.3) is 0 Å². The van der Waals surface area contributed by atoms with Crippen molar-refractivity contribution >= 4 is 16.9 Å². The van der Waals surface area contributed by atoms with E-state index >= 15 is 0 Å². The summed E-state index contributed by atoms with van der Waals surface area (Å²) in [6.45, 7) is 4.42. The van der Waals surface area contributed by atoms with Gasteiger partial charge in [-0.15, -0.1) is 0 Å². The summed E-state index contributed by atoms with van der Waals surface area (Å²) in [6, 6.07) is 19.8. The molecule has 5 heteroatoms. The Balaban J connectivity index is 1.66. The molecule has 3 rings (SSSR count). The highest BCUT2D eigenvalue weighted by Gasteiger charge is 2.22. The lowest BCUT2D eigenvalue weighted by molar-refractivity contribution is -0.142. The maximum Gasteiger partial charge on any atom is 0.329 e. The van der Waals surface area contributed by atoms with E-state index in [-0.39, 0.29) is 12.0 Å². The van der Waals surface area contributed by atoms with Gasteiger partial charge in [0.15, 0.2) is 0 Å². The summed E-state index contributed by atoms with van der Waals surface area (Å²) in [5.41, 5.74) is 2.51. The molecule has 0 radical (unpaired) electrons. The van der Waals surface area contributed by atoms with E-state index < -0.39 is 5.97 Å². The molecule has 5 nitrogen and oxygen atoms in total. The fourth-order valence-corrected chi connectivity index (χ4v) is 2.83. The summed E-state index contributed by atoms with van der Waals surface area (Å²) in [4.78, 5) is 15.2. The molecule has 0 aliphatic rings. The second-order valence-electron chi connectivity index (χ2n) is 7.08. The number of fused-ring (bicyclic) bond motifs is 1. The molecule has 0 atom stereocenters. The van der Waals surface area contributed by atoms with E-state index in [0.717, 1.165) is 27.9 Å². The van der Waals surface area contributed by atoms with Gasteiger partial charge in [0.1, 0.15) is 19.0 Å². The van der Waals surface area contributed by atoms with E-state index in [2.05, 4.69) is 4.98 Å². The molecule has 0 unspecified atom stereocenters. The van der Waals surface area contributed by atoms with Crippen LogP contribution in [0.15, 0.2) is 60.7 Å². The number of ether oxygens (including phenoxy) is 2. The highest BCUT2D eigenvalue weighted by Crippen LogP contribution is 2.27. The van der Waals surface area contributed by atoms with Crippen LogP contribution in [0.2, 0.25) is 0 Å². The zero-order chi connectivity index (χ0) is 19.3. The molecular weight excluding hydrogens is 342 g/mol. The molecule has 0 spiro atoms. The average molecular weight is 365 g/mol. The number of aliphatic carboxylic acids is 1. The Morgan fingerprint density at radius 2 is 1.89 bits per heavy atom. The van der Waals surface area contributed by atoms with E-state index in [1.165, 1.54) is 0 Å². The molecule has 0 aliphatic carbocycles. The molecule has 140 valence electrons. The minimum Gasteiger partial charge on any atom is -0.487 e. The predicted molar refractivity (Wildman–Crippen MR) is 104 cm³/mol. The fourth-order valence-electron chi connectivity index (χ4n) is 2.83. The number of carbonyl (C=O) groups is 1. The van der Waals surface area contributed by atoms with Crippen molar-refractivity contribution in [1.29, 1.82) is 0 Å². The van der Waals surface area contributed by atoms with Gasteiger partial charge in [0.05, 0.1) is 17.8 Å². The Bertz CT molecular complexity index is 936. The number of carboxylic acid groups (broad SMARTS) is 1. The van der Waals surface area contributed by atoms with Crippen LogP contribution in [0, 0.1) is 0 Å². The molecule has 1 N–H and O–H groups in total. The van der Waals surface area contributed by atoms with Crippen LogP contribution in [-0.4, -0.2) is 29.3 Å². The first-order valence-electron chi connectivity index (χ1n) is 8.82. The van der Waals surface area contributed by atoms with Crippen LogP contribution < -0.4 is 4.74 Å². The Hall–Kier alpha value is -2.92. The lowest BCUT2D eigenvalue weighted by atomic mass is 9.85. The second kappa shape index (κ2) is 8.18. The van der Waals surface area contributed by atoms with Crippen molar-refractivity contribution < 1.29 is 19.4 Å². The number of hydrogen-bond acceptors (Lipinski definition) is 4.